The van der Waals surface area contributed by atoms with E-state index in [1.807, 2.05) is 0 Å². The third-order valence-corrected chi connectivity index (χ3v) is 7.10. The predicted molar refractivity (Wildman–Crippen MR) is 141 cm³/mol. The lowest BCUT2D eigenvalue weighted by molar-refractivity contribution is -0.173. The number of terminal acetylenes is 1. The third kappa shape index (κ3) is 6.35. The Labute approximate surface area is 227 Å². The van der Waals surface area contributed by atoms with Crippen molar-refractivity contribution in [1.29, 1.82) is 0 Å². The number of β-lactam (4-membered cyclic amide) rings is 1. The van der Waals surface area contributed by atoms with Crippen molar-refractivity contribution in [2.75, 3.05) is 24.9 Å². The van der Waals surface area contributed by atoms with Crippen molar-refractivity contribution in [2.24, 2.45) is 10.6 Å². The lowest BCUT2D eigenvalue weighted by Gasteiger charge is -2.49. The molecule has 1 aromatic rings. The van der Waals surface area contributed by atoms with Crippen molar-refractivity contribution >= 4 is 57.7 Å². The molecule has 2 atom stereocenters. The number of nitrogens with two attached hydrogens (primary N) is 1. The number of esters is 2. The molecule has 0 aliphatic carbocycles. The summed E-state index contributed by atoms with van der Waals surface area (Å²) >= 11 is 2.46. The molecule has 2 aliphatic rings. The van der Waals surface area contributed by atoms with E-state index in [0.717, 1.165) is 11.3 Å². The molecule has 202 valence electrons. The van der Waals surface area contributed by atoms with Gasteiger partial charge in [0.25, 0.3) is 11.8 Å². The van der Waals surface area contributed by atoms with Gasteiger partial charge in [-0.05, 0) is 33.3 Å². The predicted octanol–water partition coefficient (Wildman–Crippen LogP) is 1.40. The SMILES string of the molecule is C#CCON=C(C(=O)N[C@@H]1C(=O)N2C(C(=O)OCOC(=O)C(C)(C)C)=C(C=CC)CS[C@@H]12)c1csc(N)n1. The fraction of sp³-hybridized carbons (Fsp3) is 0.417. The number of hydrogen-bond donors (Lipinski definition) is 2. The van der Waals surface area contributed by atoms with Gasteiger partial charge in [0.15, 0.2) is 17.5 Å². The number of anilines is 1. The number of nitrogens with zero attached hydrogens (tertiary/aromatic N) is 3. The van der Waals surface area contributed by atoms with Crippen molar-refractivity contribution in [3.05, 3.63) is 34.5 Å². The fourth-order valence-electron chi connectivity index (χ4n) is 3.33. The third-order valence-electron chi connectivity index (χ3n) is 5.12. The maximum atomic E-state index is 13.1. The van der Waals surface area contributed by atoms with Gasteiger partial charge in [-0.25, -0.2) is 9.78 Å². The normalized spacial score (nSPS) is 19.4. The average molecular weight is 562 g/mol. The zero-order valence-electron chi connectivity index (χ0n) is 21.2. The number of hydrogen-bond acceptors (Lipinski definition) is 12. The molecule has 1 fully saturated rings. The number of allylic oxidation sites excluding steroid dienone is 2. The zero-order chi connectivity index (χ0) is 28.0. The minimum Gasteiger partial charge on any atom is -0.427 e. The number of nitrogens with one attached hydrogen (secondary N) is 1. The van der Waals surface area contributed by atoms with E-state index < -0.39 is 47.4 Å². The van der Waals surface area contributed by atoms with Crippen LogP contribution in [0.1, 0.15) is 33.4 Å². The van der Waals surface area contributed by atoms with Crippen LogP contribution in [0.3, 0.4) is 0 Å². The molecular formula is C24H27N5O7S2. The first kappa shape index (κ1) is 28.7. The van der Waals surface area contributed by atoms with Crippen molar-refractivity contribution < 1.29 is 33.5 Å². The Morgan fingerprint density at radius 1 is 1.37 bits per heavy atom. The first-order valence-electron chi connectivity index (χ1n) is 11.3. The first-order valence-corrected chi connectivity index (χ1v) is 13.2. The van der Waals surface area contributed by atoms with Gasteiger partial charge in [-0.3, -0.25) is 19.3 Å². The second-order valence-corrected chi connectivity index (χ2v) is 10.9. The Morgan fingerprint density at radius 3 is 2.71 bits per heavy atom. The molecule has 0 spiro atoms. The molecule has 2 aliphatic heterocycles. The molecule has 3 N–H and O–H groups in total. The summed E-state index contributed by atoms with van der Waals surface area (Å²) < 4.78 is 10.2. The van der Waals surface area contributed by atoms with Crippen LogP contribution in [0.25, 0.3) is 0 Å². The van der Waals surface area contributed by atoms with Gasteiger partial charge in [-0.2, -0.15) is 0 Å². The quantitative estimate of drug-likeness (QED) is 0.0857. The number of thiazole rings is 1. The summed E-state index contributed by atoms with van der Waals surface area (Å²) in [5.41, 5.74) is 5.44. The van der Waals surface area contributed by atoms with Crippen molar-refractivity contribution in [1.82, 2.24) is 15.2 Å². The largest absolute Gasteiger partial charge is 0.427 e. The van der Waals surface area contributed by atoms with E-state index in [-0.39, 0.29) is 28.8 Å². The number of thioether (sulfide) groups is 1. The topological polar surface area (TPSA) is 163 Å². The molecular weight excluding hydrogens is 534 g/mol. The van der Waals surface area contributed by atoms with Crippen LogP contribution in [0.5, 0.6) is 0 Å². The van der Waals surface area contributed by atoms with Gasteiger partial charge in [0.2, 0.25) is 6.79 Å². The Balaban J connectivity index is 1.75. The van der Waals surface area contributed by atoms with Gasteiger partial charge in [0.05, 0.1) is 5.41 Å². The molecule has 0 saturated carbocycles. The molecule has 0 bridgehead atoms. The first-order chi connectivity index (χ1) is 18.0. The van der Waals surface area contributed by atoms with Crippen LogP contribution < -0.4 is 11.1 Å². The summed E-state index contributed by atoms with van der Waals surface area (Å²) in [6.07, 6.45) is 8.59. The number of carbonyl (C=O) groups is 4. The maximum Gasteiger partial charge on any atom is 0.358 e. The molecule has 2 amide bonds. The monoisotopic (exact) mass is 561 g/mol. The highest BCUT2D eigenvalue weighted by atomic mass is 32.2. The van der Waals surface area contributed by atoms with Crippen LogP contribution in [0.2, 0.25) is 0 Å². The summed E-state index contributed by atoms with van der Waals surface area (Å²) in [4.78, 5) is 61.4. The number of amides is 2. The Morgan fingerprint density at radius 2 is 2.11 bits per heavy atom. The smallest absolute Gasteiger partial charge is 0.358 e. The van der Waals surface area contributed by atoms with Crippen LogP contribution in [-0.2, 0) is 33.5 Å². The summed E-state index contributed by atoms with van der Waals surface area (Å²) in [7, 11) is 0. The van der Waals surface area contributed by atoms with Gasteiger partial charge < -0.3 is 25.4 Å². The number of rotatable bonds is 9. The van der Waals surface area contributed by atoms with E-state index in [2.05, 4.69) is 21.4 Å². The molecule has 14 heteroatoms. The second kappa shape index (κ2) is 12.1. The van der Waals surface area contributed by atoms with Gasteiger partial charge >= 0.3 is 11.9 Å². The minimum absolute atomic E-state index is 0.0210. The molecule has 38 heavy (non-hydrogen) atoms. The zero-order valence-corrected chi connectivity index (χ0v) is 22.8. The lowest BCUT2D eigenvalue weighted by atomic mass is 9.98. The maximum absolute atomic E-state index is 13.1. The summed E-state index contributed by atoms with van der Waals surface area (Å²) in [5, 5.41) is 7.54. The van der Waals surface area contributed by atoms with Crippen molar-refractivity contribution in [2.45, 2.75) is 39.1 Å². The Kier molecular flexibility index (Phi) is 9.18. The van der Waals surface area contributed by atoms with Gasteiger partial charge in [0.1, 0.15) is 22.8 Å². The Hall–Kier alpha value is -3.83. The van der Waals surface area contributed by atoms with Crippen molar-refractivity contribution in [3.8, 4) is 12.3 Å². The van der Waals surface area contributed by atoms with Crippen LogP contribution in [0.4, 0.5) is 5.13 Å². The van der Waals surface area contributed by atoms with Crippen LogP contribution in [0.15, 0.2) is 34.0 Å². The fourth-order valence-corrected chi connectivity index (χ4v) is 5.19. The van der Waals surface area contributed by atoms with E-state index in [0.29, 0.717) is 11.3 Å². The van der Waals surface area contributed by atoms with E-state index in [4.69, 9.17) is 26.5 Å². The Bertz CT molecular complexity index is 1260. The molecule has 0 radical (unpaired) electrons. The lowest BCUT2D eigenvalue weighted by Crippen LogP contribution is -2.71. The summed E-state index contributed by atoms with van der Waals surface area (Å²) in [6, 6.07) is -0.963. The number of oxime groups is 1. The minimum atomic E-state index is -0.963. The number of fused-ring (bicyclic) bond motifs is 1. The molecule has 1 saturated heterocycles. The van der Waals surface area contributed by atoms with Crippen LogP contribution in [0, 0.1) is 17.8 Å². The molecule has 0 aromatic carbocycles. The molecule has 3 rings (SSSR count). The summed E-state index contributed by atoms with van der Waals surface area (Å²) in [6.45, 7) is 5.99. The number of aromatic nitrogens is 1. The van der Waals surface area contributed by atoms with Gasteiger partial charge in [-0.1, -0.05) is 23.2 Å². The van der Waals surface area contributed by atoms with Crippen LogP contribution >= 0.6 is 23.1 Å². The van der Waals surface area contributed by atoms with Gasteiger partial charge in [0, 0.05) is 11.1 Å². The highest BCUT2D eigenvalue weighted by Gasteiger charge is 2.54. The van der Waals surface area contributed by atoms with E-state index in [1.54, 1.807) is 39.8 Å². The van der Waals surface area contributed by atoms with Crippen molar-refractivity contribution in [3.63, 3.8) is 0 Å². The van der Waals surface area contributed by atoms with E-state index in [9.17, 15) is 19.2 Å². The number of ether oxygens (including phenoxy) is 2. The summed E-state index contributed by atoms with van der Waals surface area (Å²) in [5.74, 6) is -0.0284. The van der Waals surface area contributed by atoms with Gasteiger partial charge in [-0.15, -0.1) is 29.5 Å². The number of carbonyl (C=O) groups excluding carboxylic acids is 4. The molecule has 12 nitrogen and oxygen atoms in total. The molecule has 1 aromatic heterocycles. The standard InChI is InChI=1S/C24H27N5O7S2/c1-6-8-13-10-37-20-16(27-18(30)15(28-36-9-7-2)14-11-38-23(25)26-14)19(31)29(20)17(13)21(32)34-12-35-22(33)24(3,4)5/h2,6,8,11,16,20H,9-10,12H2,1,3-5H3,(H2,25,26)(H,27,30)/t16-,20+/m1/s1. The second-order valence-electron chi connectivity index (χ2n) is 8.95. The molecule has 0 unspecified atom stereocenters. The highest BCUT2D eigenvalue weighted by Crippen LogP contribution is 2.41. The molecule has 3 heterocycles. The highest BCUT2D eigenvalue weighted by molar-refractivity contribution is 8.00. The van der Waals surface area contributed by atoms with E-state index in [1.165, 1.54) is 22.0 Å². The number of nitrogen functional groups attached to an aromatic ring is 1. The average Bonchev–Trinajstić information content (AvgIpc) is 3.29. The van der Waals surface area contributed by atoms with E-state index >= 15 is 0 Å². The van der Waals surface area contributed by atoms with Crippen LogP contribution in [-0.4, -0.2) is 69.9 Å².